The molecule has 1 aliphatic heterocycles. The molecular formula is C16H27NOSSi2. The van der Waals surface area contributed by atoms with Gasteiger partial charge in [-0.3, -0.25) is 0 Å². The lowest BCUT2D eigenvalue weighted by molar-refractivity contribution is 0.337. The van der Waals surface area contributed by atoms with Crippen molar-refractivity contribution in [2.45, 2.75) is 51.7 Å². The first-order valence-electron chi connectivity index (χ1n) is 7.81. The normalized spacial score (nSPS) is 20.4. The Hall–Kier alpha value is -0.496. The van der Waals surface area contributed by atoms with E-state index in [1.54, 1.807) is 0 Å². The number of benzene rings is 1. The molecule has 0 spiro atoms. The molecule has 0 aliphatic carbocycles. The molecule has 1 saturated heterocycles. The largest absolute Gasteiger partial charge is 0.483 e. The predicted octanol–water partition coefficient (Wildman–Crippen LogP) is 4.62. The highest BCUT2D eigenvalue weighted by Gasteiger charge is 2.47. The van der Waals surface area contributed by atoms with Crippen molar-refractivity contribution in [3.8, 4) is 0 Å². The Balaban J connectivity index is 2.29. The highest BCUT2D eigenvalue weighted by molar-refractivity contribution is 7.80. The van der Waals surface area contributed by atoms with Gasteiger partial charge in [0.2, 0.25) is 0 Å². The molecule has 0 amide bonds. The molecule has 116 valence electrons. The van der Waals surface area contributed by atoms with Gasteiger partial charge >= 0.3 is 0 Å². The zero-order chi connectivity index (χ0) is 15.7. The van der Waals surface area contributed by atoms with Crippen molar-refractivity contribution >= 4 is 33.7 Å². The van der Waals surface area contributed by atoms with Gasteiger partial charge in [0.05, 0.1) is 6.61 Å². The van der Waals surface area contributed by atoms with Crippen molar-refractivity contribution in [1.82, 2.24) is 4.23 Å². The standard InChI is InChI=1S/C16H27NOSSi2/c1-6-18-16(19)15-10-8-7-9-14(15)13-17-20(2,3)11-12-21(17,4)5/h7-10H,6,11-13H2,1-5H3. The Morgan fingerprint density at radius 1 is 1.14 bits per heavy atom. The van der Waals surface area contributed by atoms with Crippen LogP contribution in [0.1, 0.15) is 18.1 Å². The average Bonchev–Trinajstić information content (AvgIpc) is 2.62. The van der Waals surface area contributed by atoms with E-state index in [-0.39, 0.29) is 0 Å². The highest BCUT2D eigenvalue weighted by Crippen LogP contribution is 2.38. The van der Waals surface area contributed by atoms with Crippen LogP contribution in [0.25, 0.3) is 0 Å². The molecule has 1 heterocycles. The molecule has 2 rings (SSSR count). The molecule has 0 radical (unpaired) electrons. The van der Waals surface area contributed by atoms with Crippen molar-refractivity contribution in [2.75, 3.05) is 6.61 Å². The van der Waals surface area contributed by atoms with Crippen LogP contribution >= 0.6 is 12.2 Å². The second-order valence-corrected chi connectivity index (χ2v) is 17.2. The van der Waals surface area contributed by atoms with E-state index in [0.29, 0.717) is 11.7 Å². The van der Waals surface area contributed by atoms with Gasteiger partial charge in [0.25, 0.3) is 0 Å². The third-order valence-corrected chi connectivity index (χ3v) is 15.3. The molecule has 0 bridgehead atoms. The van der Waals surface area contributed by atoms with E-state index >= 15 is 0 Å². The molecule has 21 heavy (non-hydrogen) atoms. The van der Waals surface area contributed by atoms with Gasteiger partial charge in [0.1, 0.15) is 16.5 Å². The van der Waals surface area contributed by atoms with Gasteiger partial charge in [-0.2, -0.15) is 0 Å². The van der Waals surface area contributed by atoms with Gasteiger partial charge < -0.3 is 8.97 Å². The van der Waals surface area contributed by atoms with Gasteiger partial charge in [-0.15, -0.1) is 0 Å². The lowest BCUT2D eigenvalue weighted by Gasteiger charge is -2.39. The van der Waals surface area contributed by atoms with Crippen molar-refractivity contribution in [3.05, 3.63) is 35.4 Å². The summed E-state index contributed by atoms with van der Waals surface area (Å²) in [6.45, 7) is 13.7. The molecule has 1 aromatic rings. The zero-order valence-corrected chi connectivity index (χ0v) is 16.7. The molecule has 0 N–H and O–H groups in total. The summed E-state index contributed by atoms with van der Waals surface area (Å²) in [5.41, 5.74) is 2.44. The molecule has 0 saturated carbocycles. The van der Waals surface area contributed by atoms with E-state index in [0.717, 1.165) is 12.1 Å². The van der Waals surface area contributed by atoms with Crippen LogP contribution in [-0.2, 0) is 11.3 Å². The summed E-state index contributed by atoms with van der Waals surface area (Å²) in [7, 11) is -2.51. The summed E-state index contributed by atoms with van der Waals surface area (Å²) in [5.74, 6) is 0. The maximum atomic E-state index is 5.57. The molecule has 2 nitrogen and oxygen atoms in total. The molecule has 5 heteroatoms. The average molecular weight is 338 g/mol. The van der Waals surface area contributed by atoms with E-state index in [1.807, 2.05) is 6.92 Å². The first kappa shape index (κ1) is 16.9. The van der Waals surface area contributed by atoms with Crippen LogP contribution in [0.2, 0.25) is 38.3 Å². The summed E-state index contributed by atoms with van der Waals surface area (Å²) in [5, 5.41) is 0.645. The van der Waals surface area contributed by atoms with Crippen molar-refractivity contribution in [1.29, 1.82) is 0 Å². The van der Waals surface area contributed by atoms with Gasteiger partial charge in [0.15, 0.2) is 5.05 Å². The second kappa shape index (κ2) is 6.32. The molecule has 0 atom stereocenters. The number of hydrogen-bond acceptors (Lipinski definition) is 3. The van der Waals surface area contributed by atoms with E-state index in [1.165, 1.54) is 17.7 Å². The Labute approximate surface area is 136 Å². The SMILES string of the molecule is CCOC(=S)c1ccccc1CN1[Si](C)(C)CC[Si]1(C)C. The molecular weight excluding hydrogens is 310 g/mol. The molecule has 0 aromatic heterocycles. The minimum absolute atomic E-state index is 0.636. The summed E-state index contributed by atoms with van der Waals surface area (Å²) < 4.78 is 8.45. The molecule has 0 unspecified atom stereocenters. The number of hydrogen-bond donors (Lipinski definition) is 0. The first-order chi connectivity index (χ1) is 9.78. The van der Waals surface area contributed by atoms with Gasteiger partial charge in [-0.1, -0.05) is 50.5 Å². The first-order valence-corrected chi connectivity index (χ1v) is 14.5. The van der Waals surface area contributed by atoms with Crippen LogP contribution in [-0.4, -0.2) is 32.4 Å². The van der Waals surface area contributed by atoms with Crippen LogP contribution in [0.4, 0.5) is 0 Å². The number of nitrogens with zero attached hydrogens (tertiary/aromatic N) is 1. The van der Waals surface area contributed by atoms with E-state index in [4.69, 9.17) is 17.0 Å². The Kier molecular flexibility index (Phi) is 5.08. The highest BCUT2D eigenvalue weighted by atomic mass is 32.1. The summed E-state index contributed by atoms with van der Waals surface area (Å²) in [4.78, 5) is 0. The number of thiocarbonyl (C=S) groups is 1. The number of rotatable bonds is 4. The minimum Gasteiger partial charge on any atom is -0.483 e. The van der Waals surface area contributed by atoms with Crippen molar-refractivity contribution < 1.29 is 4.74 Å². The molecule has 1 aromatic carbocycles. The minimum atomic E-state index is -1.25. The molecule has 1 fully saturated rings. The fourth-order valence-electron chi connectivity index (χ4n) is 3.37. The maximum Gasteiger partial charge on any atom is 0.191 e. The van der Waals surface area contributed by atoms with Crippen molar-refractivity contribution in [2.24, 2.45) is 0 Å². The van der Waals surface area contributed by atoms with Crippen LogP contribution in [0.3, 0.4) is 0 Å². The quantitative estimate of drug-likeness (QED) is 0.587. The lowest BCUT2D eigenvalue weighted by Crippen LogP contribution is -2.54. The van der Waals surface area contributed by atoms with Crippen LogP contribution < -0.4 is 0 Å². The molecule has 1 aliphatic rings. The third-order valence-electron chi connectivity index (χ3n) is 4.65. The number of ether oxygens (including phenoxy) is 1. The summed E-state index contributed by atoms with van der Waals surface area (Å²) in [6, 6.07) is 11.4. The Morgan fingerprint density at radius 2 is 1.71 bits per heavy atom. The van der Waals surface area contributed by atoms with Gasteiger partial charge in [0, 0.05) is 12.1 Å². The van der Waals surface area contributed by atoms with E-state index < -0.39 is 16.5 Å². The smallest absolute Gasteiger partial charge is 0.191 e. The second-order valence-electron chi connectivity index (χ2n) is 7.09. The fourth-order valence-corrected chi connectivity index (χ4v) is 17.5. The Bertz CT molecular complexity index is 515. The van der Waals surface area contributed by atoms with Crippen molar-refractivity contribution in [3.63, 3.8) is 0 Å². The van der Waals surface area contributed by atoms with Crippen LogP contribution in [0, 0.1) is 0 Å². The summed E-state index contributed by atoms with van der Waals surface area (Å²) >= 11 is 5.44. The van der Waals surface area contributed by atoms with Gasteiger partial charge in [-0.25, -0.2) is 0 Å². The predicted molar refractivity (Wildman–Crippen MR) is 99.9 cm³/mol. The Morgan fingerprint density at radius 3 is 2.29 bits per heavy atom. The van der Waals surface area contributed by atoms with Crippen LogP contribution in [0.15, 0.2) is 24.3 Å². The summed E-state index contributed by atoms with van der Waals surface area (Å²) in [6.07, 6.45) is 0. The lowest BCUT2D eigenvalue weighted by atomic mass is 10.1. The van der Waals surface area contributed by atoms with E-state index in [2.05, 4.69) is 54.7 Å². The topological polar surface area (TPSA) is 12.5 Å². The maximum absolute atomic E-state index is 5.57. The monoisotopic (exact) mass is 337 g/mol. The van der Waals surface area contributed by atoms with Gasteiger partial charge in [-0.05, 0) is 36.8 Å². The third kappa shape index (κ3) is 3.64. The zero-order valence-electron chi connectivity index (χ0n) is 13.9. The van der Waals surface area contributed by atoms with E-state index in [9.17, 15) is 0 Å². The van der Waals surface area contributed by atoms with Crippen LogP contribution in [0.5, 0.6) is 0 Å². The fraction of sp³-hybridized carbons (Fsp3) is 0.562.